The van der Waals surface area contributed by atoms with Crippen molar-refractivity contribution in [3.63, 3.8) is 0 Å². The molecule has 2 N–H and O–H groups in total. The van der Waals surface area contributed by atoms with Gasteiger partial charge in [-0.1, -0.05) is 12.1 Å². The van der Waals surface area contributed by atoms with Gasteiger partial charge in [-0.2, -0.15) is 5.26 Å². The second kappa shape index (κ2) is 3.69. The number of nitrogens with one attached hydrogen (secondary N) is 1. The third-order valence-electron chi connectivity index (χ3n) is 2.60. The van der Waals surface area contributed by atoms with Gasteiger partial charge in [-0.15, -0.1) is 0 Å². The predicted molar refractivity (Wildman–Crippen MR) is 54.0 cm³/mol. The molecule has 0 aromatic heterocycles. The zero-order valence-electron chi connectivity index (χ0n) is 7.83. The number of anilines is 1. The van der Waals surface area contributed by atoms with Crippen LogP contribution in [0.2, 0.25) is 0 Å². The monoisotopic (exact) mass is 188 g/mol. The van der Waals surface area contributed by atoms with Gasteiger partial charge in [-0.05, 0) is 24.5 Å². The first-order valence-corrected chi connectivity index (χ1v) is 4.74. The predicted octanol–water partition coefficient (Wildman–Crippen LogP) is 1.28. The molecule has 0 saturated heterocycles. The summed E-state index contributed by atoms with van der Waals surface area (Å²) in [5.41, 5.74) is 2.75. The molecule has 0 spiro atoms. The van der Waals surface area contributed by atoms with E-state index in [2.05, 4.69) is 11.4 Å². The van der Waals surface area contributed by atoms with Crippen LogP contribution in [0, 0.1) is 11.3 Å². The topological polar surface area (TPSA) is 56.0 Å². The molecular weight excluding hydrogens is 176 g/mol. The molecule has 3 nitrogen and oxygen atoms in total. The van der Waals surface area contributed by atoms with E-state index in [1.165, 1.54) is 5.56 Å². The summed E-state index contributed by atoms with van der Waals surface area (Å²) in [4.78, 5) is 0. The maximum atomic E-state index is 9.03. The van der Waals surface area contributed by atoms with Crippen LogP contribution in [0.25, 0.3) is 0 Å². The molecule has 0 radical (unpaired) electrons. The molecule has 14 heavy (non-hydrogen) atoms. The third kappa shape index (κ3) is 1.45. The van der Waals surface area contributed by atoms with Gasteiger partial charge in [-0.25, -0.2) is 0 Å². The SMILES string of the molecule is N#Cc1cccc2c1N[C@@H](CO)CC2. The molecule has 0 fully saturated rings. The lowest BCUT2D eigenvalue weighted by Gasteiger charge is -2.26. The maximum absolute atomic E-state index is 9.03. The van der Waals surface area contributed by atoms with Crippen LogP contribution in [-0.4, -0.2) is 17.8 Å². The summed E-state index contributed by atoms with van der Waals surface area (Å²) in [6, 6.07) is 7.97. The second-order valence-electron chi connectivity index (χ2n) is 3.51. The number of nitrogens with zero attached hydrogens (tertiary/aromatic N) is 1. The molecule has 0 bridgehead atoms. The van der Waals surface area contributed by atoms with Gasteiger partial charge >= 0.3 is 0 Å². The quantitative estimate of drug-likeness (QED) is 0.698. The van der Waals surface area contributed by atoms with Gasteiger partial charge in [0.05, 0.1) is 17.9 Å². The van der Waals surface area contributed by atoms with Crippen molar-refractivity contribution in [1.29, 1.82) is 5.26 Å². The Bertz CT molecular complexity index is 381. The van der Waals surface area contributed by atoms with Gasteiger partial charge in [0.1, 0.15) is 6.07 Å². The van der Waals surface area contributed by atoms with Crippen molar-refractivity contribution in [2.24, 2.45) is 0 Å². The summed E-state index contributed by atoms with van der Waals surface area (Å²) in [6.45, 7) is 0.124. The van der Waals surface area contributed by atoms with Crippen molar-refractivity contribution in [1.82, 2.24) is 0 Å². The van der Waals surface area contributed by atoms with Gasteiger partial charge in [0, 0.05) is 6.04 Å². The highest BCUT2D eigenvalue weighted by atomic mass is 16.3. The number of nitriles is 1. The van der Waals surface area contributed by atoms with Crippen molar-refractivity contribution >= 4 is 5.69 Å². The van der Waals surface area contributed by atoms with Crippen LogP contribution in [0.4, 0.5) is 5.69 Å². The highest BCUT2D eigenvalue weighted by molar-refractivity contribution is 5.64. The van der Waals surface area contributed by atoms with E-state index < -0.39 is 0 Å². The van der Waals surface area contributed by atoms with Crippen LogP contribution in [0.1, 0.15) is 17.5 Å². The largest absolute Gasteiger partial charge is 0.394 e. The minimum Gasteiger partial charge on any atom is -0.394 e. The lowest BCUT2D eigenvalue weighted by atomic mass is 9.96. The fraction of sp³-hybridized carbons (Fsp3) is 0.364. The van der Waals surface area contributed by atoms with E-state index >= 15 is 0 Å². The molecule has 1 aromatic carbocycles. The summed E-state index contributed by atoms with van der Waals surface area (Å²) < 4.78 is 0. The van der Waals surface area contributed by atoms with Crippen LogP contribution in [-0.2, 0) is 6.42 Å². The van der Waals surface area contributed by atoms with Gasteiger partial charge in [-0.3, -0.25) is 0 Å². The normalized spacial score (nSPS) is 19.3. The molecule has 1 atom stereocenters. The van der Waals surface area contributed by atoms with Gasteiger partial charge in [0.25, 0.3) is 0 Å². The van der Waals surface area contributed by atoms with Crippen LogP contribution < -0.4 is 5.32 Å². The van der Waals surface area contributed by atoms with E-state index in [-0.39, 0.29) is 12.6 Å². The fourth-order valence-electron chi connectivity index (χ4n) is 1.82. The van der Waals surface area contributed by atoms with Crippen LogP contribution in [0.5, 0.6) is 0 Å². The Balaban J connectivity index is 2.39. The average Bonchev–Trinajstić information content (AvgIpc) is 2.27. The Labute approximate surface area is 83.0 Å². The number of fused-ring (bicyclic) bond motifs is 1. The number of aryl methyl sites for hydroxylation is 1. The zero-order valence-corrected chi connectivity index (χ0v) is 7.83. The number of benzene rings is 1. The lowest BCUT2D eigenvalue weighted by Crippen LogP contribution is -2.29. The molecule has 3 heteroatoms. The molecular formula is C11H12N2O. The number of aliphatic hydroxyl groups is 1. The van der Waals surface area contributed by atoms with E-state index in [1.54, 1.807) is 6.07 Å². The highest BCUT2D eigenvalue weighted by Crippen LogP contribution is 2.27. The Morgan fingerprint density at radius 1 is 1.57 bits per heavy atom. The molecule has 0 aliphatic carbocycles. The first-order chi connectivity index (χ1) is 6.85. The highest BCUT2D eigenvalue weighted by Gasteiger charge is 2.18. The van der Waals surface area contributed by atoms with Gasteiger partial charge in [0.15, 0.2) is 0 Å². The summed E-state index contributed by atoms with van der Waals surface area (Å²) in [6.07, 6.45) is 1.86. The molecule has 1 aromatic rings. The summed E-state index contributed by atoms with van der Waals surface area (Å²) >= 11 is 0. The maximum Gasteiger partial charge on any atom is 0.101 e. The van der Waals surface area contributed by atoms with Crippen molar-refractivity contribution in [2.75, 3.05) is 11.9 Å². The molecule has 0 amide bonds. The van der Waals surface area contributed by atoms with E-state index in [9.17, 15) is 0 Å². The first kappa shape index (κ1) is 9.04. The standard InChI is InChI=1S/C11H12N2O/c12-6-9-3-1-2-8-4-5-10(7-14)13-11(8)9/h1-3,10,13-14H,4-5,7H2/t10-/m1/s1. The Kier molecular flexibility index (Phi) is 2.38. The number of para-hydroxylation sites is 1. The molecule has 72 valence electrons. The number of aliphatic hydroxyl groups excluding tert-OH is 1. The third-order valence-corrected chi connectivity index (χ3v) is 2.60. The first-order valence-electron chi connectivity index (χ1n) is 4.74. The minimum absolute atomic E-state index is 0.0944. The van der Waals surface area contributed by atoms with E-state index in [1.807, 2.05) is 12.1 Å². The minimum atomic E-state index is 0.0944. The van der Waals surface area contributed by atoms with Crippen LogP contribution in [0.3, 0.4) is 0 Å². The van der Waals surface area contributed by atoms with Crippen LogP contribution in [0.15, 0.2) is 18.2 Å². The number of rotatable bonds is 1. The van der Waals surface area contributed by atoms with Crippen molar-refractivity contribution in [2.45, 2.75) is 18.9 Å². The fourth-order valence-corrected chi connectivity index (χ4v) is 1.82. The second-order valence-corrected chi connectivity index (χ2v) is 3.51. The van der Waals surface area contributed by atoms with E-state index in [0.29, 0.717) is 5.56 Å². The molecule has 2 rings (SSSR count). The smallest absolute Gasteiger partial charge is 0.101 e. The Hall–Kier alpha value is -1.53. The average molecular weight is 188 g/mol. The van der Waals surface area contributed by atoms with Crippen molar-refractivity contribution in [3.8, 4) is 6.07 Å². The molecule has 1 aliphatic heterocycles. The molecule has 1 aliphatic rings. The molecule has 0 unspecified atom stereocenters. The Morgan fingerprint density at radius 3 is 3.14 bits per heavy atom. The van der Waals surface area contributed by atoms with Crippen molar-refractivity contribution in [3.05, 3.63) is 29.3 Å². The van der Waals surface area contributed by atoms with E-state index in [0.717, 1.165) is 18.5 Å². The Morgan fingerprint density at radius 2 is 2.43 bits per heavy atom. The molecule has 1 heterocycles. The van der Waals surface area contributed by atoms with Crippen LogP contribution >= 0.6 is 0 Å². The van der Waals surface area contributed by atoms with Gasteiger partial charge < -0.3 is 10.4 Å². The zero-order chi connectivity index (χ0) is 9.97. The van der Waals surface area contributed by atoms with E-state index in [4.69, 9.17) is 10.4 Å². The van der Waals surface area contributed by atoms with Gasteiger partial charge in [0.2, 0.25) is 0 Å². The number of hydrogen-bond donors (Lipinski definition) is 2. The lowest BCUT2D eigenvalue weighted by molar-refractivity contribution is 0.267. The number of hydrogen-bond acceptors (Lipinski definition) is 3. The van der Waals surface area contributed by atoms with Crippen molar-refractivity contribution < 1.29 is 5.11 Å². The summed E-state index contributed by atoms with van der Waals surface area (Å²) in [7, 11) is 0. The molecule has 0 saturated carbocycles. The summed E-state index contributed by atoms with van der Waals surface area (Å²) in [5.74, 6) is 0. The summed E-state index contributed by atoms with van der Waals surface area (Å²) in [5, 5.41) is 21.1.